The number of nitrogens with one attached hydrogen (secondary N) is 1. The highest BCUT2D eigenvalue weighted by Crippen LogP contribution is 2.11. The summed E-state index contributed by atoms with van der Waals surface area (Å²) >= 11 is 0. The molecule has 1 saturated heterocycles. The highest BCUT2D eigenvalue weighted by atomic mass is 32.2. The van der Waals surface area contributed by atoms with E-state index in [2.05, 4.69) is 0 Å². The molecule has 13 heavy (non-hydrogen) atoms. The number of carbonyl (C=O) groups excluding carboxylic acids is 1. The van der Waals surface area contributed by atoms with Crippen molar-refractivity contribution in [3.63, 3.8) is 0 Å². The molecule has 0 aromatic rings. The first kappa shape index (κ1) is 9.93. The Labute approximate surface area is 74.5 Å². The summed E-state index contributed by atoms with van der Waals surface area (Å²) in [4.78, 5) is 21.3. The van der Waals surface area contributed by atoms with Crippen LogP contribution >= 0.6 is 0 Å². The molecule has 1 atom stereocenters. The van der Waals surface area contributed by atoms with Crippen LogP contribution in [0.2, 0.25) is 0 Å². The number of aliphatic carboxylic acids is 1. The van der Waals surface area contributed by atoms with Gasteiger partial charge < -0.3 is 5.11 Å². The number of rotatable bonds is 2. The summed E-state index contributed by atoms with van der Waals surface area (Å²) in [6.45, 7) is 0. The second-order valence-electron chi connectivity index (χ2n) is 2.58. The molecule has 2 N–H and O–H groups in total. The largest absolute Gasteiger partial charge is 0.481 e. The third-order valence-corrected chi connectivity index (χ3v) is 3.12. The van der Waals surface area contributed by atoms with Gasteiger partial charge in [-0.3, -0.25) is 9.59 Å². The molecule has 0 aliphatic carbocycles. The van der Waals surface area contributed by atoms with Gasteiger partial charge in [0.25, 0.3) is 5.91 Å². The van der Waals surface area contributed by atoms with Crippen molar-refractivity contribution in [1.82, 2.24) is 9.03 Å². The second kappa shape index (κ2) is 2.96. The minimum absolute atomic E-state index is 0.501. The van der Waals surface area contributed by atoms with Crippen molar-refractivity contribution in [2.75, 3.05) is 7.05 Å². The number of hydrogen-bond donors (Lipinski definition) is 2. The van der Waals surface area contributed by atoms with Crippen molar-refractivity contribution in [3.05, 3.63) is 0 Å². The van der Waals surface area contributed by atoms with Crippen LogP contribution < -0.4 is 4.72 Å². The van der Waals surface area contributed by atoms with Crippen LogP contribution in [0.4, 0.5) is 0 Å². The van der Waals surface area contributed by atoms with Crippen molar-refractivity contribution in [3.8, 4) is 0 Å². The van der Waals surface area contributed by atoms with Gasteiger partial charge in [0.05, 0.1) is 6.42 Å². The molecule has 0 aromatic heterocycles. The normalized spacial score (nSPS) is 26.4. The fourth-order valence-corrected chi connectivity index (χ4v) is 2.02. The standard InChI is InChI=1S/C5H8N2O5S/c1-7-5(10)3(2-4(8)9)6-13(7,11)12/h3,6H,2H2,1H3,(H,8,9)/t3-/m1/s1. The zero-order valence-electron chi connectivity index (χ0n) is 6.72. The highest BCUT2D eigenvalue weighted by Gasteiger charge is 2.41. The van der Waals surface area contributed by atoms with E-state index in [9.17, 15) is 18.0 Å². The van der Waals surface area contributed by atoms with Crippen LogP contribution in [0.25, 0.3) is 0 Å². The summed E-state index contributed by atoms with van der Waals surface area (Å²) in [5.74, 6) is -1.97. The summed E-state index contributed by atoms with van der Waals surface area (Å²) < 4.78 is 24.4. The van der Waals surface area contributed by atoms with Crippen molar-refractivity contribution >= 4 is 22.1 Å². The second-order valence-corrected chi connectivity index (χ2v) is 4.31. The lowest BCUT2D eigenvalue weighted by atomic mass is 10.2. The van der Waals surface area contributed by atoms with Gasteiger partial charge in [-0.05, 0) is 0 Å². The molecule has 1 aliphatic rings. The first-order valence-electron chi connectivity index (χ1n) is 3.36. The molecule has 74 valence electrons. The molecule has 0 saturated carbocycles. The number of carboxylic acids is 1. The van der Waals surface area contributed by atoms with E-state index in [1.807, 2.05) is 4.72 Å². The van der Waals surface area contributed by atoms with Crippen molar-refractivity contribution in [1.29, 1.82) is 0 Å². The summed E-state index contributed by atoms with van der Waals surface area (Å²) in [5, 5.41) is 8.34. The Morgan fingerprint density at radius 2 is 2.23 bits per heavy atom. The number of hydrogen-bond acceptors (Lipinski definition) is 4. The van der Waals surface area contributed by atoms with Crippen molar-refractivity contribution in [2.24, 2.45) is 0 Å². The van der Waals surface area contributed by atoms with Crippen molar-refractivity contribution in [2.45, 2.75) is 12.5 Å². The predicted octanol–water partition coefficient (Wildman–Crippen LogP) is -1.86. The van der Waals surface area contributed by atoms with Gasteiger partial charge in [-0.1, -0.05) is 0 Å². The molecule has 0 spiro atoms. The molecule has 0 radical (unpaired) electrons. The Morgan fingerprint density at radius 1 is 1.69 bits per heavy atom. The Balaban J connectivity index is 2.85. The summed E-state index contributed by atoms with van der Waals surface area (Å²) in [6, 6.07) is -1.17. The van der Waals surface area contributed by atoms with E-state index in [1.165, 1.54) is 0 Å². The summed E-state index contributed by atoms with van der Waals surface area (Å²) in [6.07, 6.45) is -0.539. The lowest BCUT2D eigenvalue weighted by Crippen LogP contribution is -2.31. The smallest absolute Gasteiger partial charge is 0.305 e. The molecule has 0 bridgehead atoms. The highest BCUT2D eigenvalue weighted by molar-refractivity contribution is 7.88. The lowest BCUT2D eigenvalue weighted by Gasteiger charge is -2.03. The summed E-state index contributed by atoms with van der Waals surface area (Å²) in [7, 11) is -2.72. The van der Waals surface area contributed by atoms with Gasteiger partial charge in [0.2, 0.25) is 0 Å². The lowest BCUT2D eigenvalue weighted by molar-refractivity contribution is -0.140. The van der Waals surface area contributed by atoms with E-state index in [1.54, 1.807) is 0 Å². The van der Waals surface area contributed by atoms with Gasteiger partial charge in [-0.15, -0.1) is 0 Å². The monoisotopic (exact) mass is 208 g/mol. The molecule has 8 heteroatoms. The van der Waals surface area contributed by atoms with Gasteiger partial charge in [0.1, 0.15) is 6.04 Å². The Bertz CT molecular complexity index is 348. The van der Waals surface area contributed by atoms with Gasteiger partial charge in [0.15, 0.2) is 0 Å². The predicted molar refractivity (Wildman–Crippen MR) is 40.9 cm³/mol. The van der Waals surface area contributed by atoms with Gasteiger partial charge in [0, 0.05) is 7.05 Å². The number of amides is 1. The van der Waals surface area contributed by atoms with E-state index >= 15 is 0 Å². The molecule has 7 nitrogen and oxygen atoms in total. The van der Waals surface area contributed by atoms with E-state index in [-0.39, 0.29) is 0 Å². The maximum atomic E-state index is 11.1. The third kappa shape index (κ3) is 1.78. The molecule has 1 aliphatic heterocycles. The average Bonchev–Trinajstić information content (AvgIpc) is 2.13. The molecule has 0 unspecified atom stereocenters. The van der Waals surface area contributed by atoms with E-state index in [4.69, 9.17) is 5.11 Å². The molecule has 1 amide bonds. The molecule has 0 aromatic carbocycles. The van der Waals surface area contributed by atoms with Crippen LogP contribution in [0.3, 0.4) is 0 Å². The first-order chi connectivity index (χ1) is 5.84. The fraction of sp³-hybridized carbons (Fsp3) is 0.600. The SMILES string of the molecule is CN1C(=O)[C@@H](CC(=O)O)NS1(=O)=O. The molecular formula is C5H8N2O5S. The van der Waals surface area contributed by atoms with Crippen molar-refractivity contribution < 1.29 is 23.1 Å². The quantitative estimate of drug-likeness (QED) is 0.553. The number of carboxylic acid groups (broad SMARTS) is 1. The number of likely N-dealkylation sites (N-methyl/N-ethyl adjacent to an activating group) is 1. The topological polar surface area (TPSA) is 104 Å². The Kier molecular flexibility index (Phi) is 2.26. The maximum Gasteiger partial charge on any atom is 0.305 e. The third-order valence-electron chi connectivity index (χ3n) is 1.64. The van der Waals surface area contributed by atoms with E-state index in [0.717, 1.165) is 7.05 Å². The Hall–Kier alpha value is -1.15. The molecular weight excluding hydrogens is 200 g/mol. The van der Waals surface area contributed by atoms with Crippen LogP contribution in [0.1, 0.15) is 6.42 Å². The Morgan fingerprint density at radius 3 is 2.54 bits per heavy atom. The first-order valence-corrected chi connectivity index (χ1v) is 4.80. The van der Waals surface area contributed by atoms with Crippen LogP contribution in [-0.4, -0.2) is 42.8 Å². The van der Waals surface area contributed by atoms with Gasteiger partial charge in [-0.2, -0.15) is 13.1 Å². The van der Waals surface area contributed by atoms with Gasteiger partial charge >= 0.3 is 16.2 Å². The van der Waals surface area contributed by atoms with Crippen LogP contribution in [0, 0.1) is 0 Å². The minimum atomic E-state index is -3.80. The van der Waals surface area contributed by atoms with E-state index < -0.39 is 34.5 Å². The molecule has 1 heterocycles. The van der Waals surface area contributed by atoms with Crippen LogP contribution in [0.5, 0.6) is 0 Å². The van der Waals surface area contributed by atoms with Gasteiger partial charge in [-0.25, -0.2) is 4.31 Å². The molecule has 1 rings (SSSR count). The van der Waals surface area contributed by atoms with Crippen LogP contribution in [-0.2, 0) is 19.8 Å². The summed E-state index contributed by atoms with van der Waals surface area (Å²) in [5.41, 5.74) is 0. The minimum Gasteiger partial charge on any atom is -0.481 e. The molecule has 1 fully saturated rings. The average molecular weight is 208 g/mol. The fourth-order valence-electron chi connectivity index (χ4n) is 0.951. The zero-order valence-corrected chi connectivity index (χ0v) is 7.54. The zero-order chi connectivity index (χ0) is 10.2. The maximum absolute atomic E-state index is 11.1. The number of carbonyl (C=O) groups is 2. The van der Waals surface area contributed by atoms with Crippen LogP contribution in [0.15, 0.2) is 0 Å². The van der Waals surface area contributed by atoms with E-state index in [0.29, 0.717) is 4.31 Å². The number of nitrogens with zero attached hydrogens (tertiary/aromatic N) is 1.